The largest absolute Gasteiger partial charge is 0.481 e. The number of carbonyl (C=O) groups excluding carboxylic acids is 1. The van der Waals surface area contributed by atoms with E-state index in [0.29, 0.717) is 11.3 Å². The van der Waals surface area contributed by atoms with E-state index < -0.39 is 12.2 Å². The van der Waals surface area contributed by atoms with Crippen molar-refractivity contribution >= 4 is 5.78 Å². The quantitative estimate of drug-likeness (QED) is 0.779. The lowest BCUT2D eigenvalue weighted by Crippen LogP contribution is -2.26. The van der Waals surface area contributed by atoms with Gasteiger partial charge in [0.1, 0.15) is 18.0 Å². The van der Waals surface area contributed by atoms with Crippen molar-refractivity contribution in [3.63, 3.8) is 0 Å². The van der Waals surface area contributed by atoms with Gasteiger partial charge in [-0.1, -0.05) is 19.1 Å². The highest BCUT2D eigenvalue weighted by Gasteiger charge is 2.43. The van der Waals surface area contributed by atoms with Crippen molar-refractivity contribution < 1.29 is 24.1 Å². The predicted molar refractivity (Wildman–Crippen MR) is 68.3 cm³/mol. The van der Waals surface area contributed by atoms with E-state index in [2.05, 4.69) is 0 Å². The van der Waals surface area contributed by atoms with E-state index >= 15 is 0 Å². The average Bonchev–Trinajstić information content (AvgIpc) is 2.89. The van der Waals surface area contributed by atoms with Gasteiger partial charge in [0.05, 0.1) is 6.61 Å². The topological polar surface area (TPSA) is 65.0 Å². The van der Waals surface area contributed by atoms with E-state index in [-0.39, 0.29) is 24.8 Å². The van der Waals surface area contributed by atoms with Gasteiger partial charge in [-0.25, -0.2) is 0 Å². The second-order valence-electron chi connectivity index (χ2n) is 4.70. The SMILES string of the molecule is CC/C=C\C1OC(C)OC1C1=C(C)C(=O)C(CO)O1. The molecule has 19 heavy (non-hydrogen) atoms. The molecular formula is C14H20O5. The Morgan fingerprint density at radius 2 is 2.11 bits per heavy atom. The van der Waals surface area contributed by atoms with Gasteiger partial charge in [0.2, 0.25) is 5.78 Å². The Kier molecular flexibility index (Phi) is 4.39. The fraction of sp³-hybridized carbons (Fsp3) is 0.643. The molecule has 2 aliphatic heterocycles. The molecule has 5 heteroatoms. The Balaban J connectivity index is 2.20. The summed E-state index contributed by atoms with van der Waals surface area (Å²) in [5, 5.41) is 9.12. The summed E-state index contributed by atoms with van der Waals surface area (Å²) in [6, 6.07) is 0. The van der Waals surface area contributed by atoms with Gasteiger partial charge in [0.25, 0.3) is 0 Å². The first-order valence-corrected chi connectivity index (χ1v) is 6.58. The van der Waals surface area contributed by atoms with Crippen LogP contribution in [0.2, 0.25) is 0 Å². The van der Waals surface area contributed by atoms with Gasteiger partial charge in [-0.2, -0.15) is 0 Å². The van der Waals surface area contributed by atoms with Crippen LogP contribution in [0.15, 0.2) is 23.5 Å². The maximum atomic E-state index is 11.8. The maximum absolute atomic E-state index is 11.8. The van der Waals surface area contributed by atoms with Crippen LogP contribution < -0.4 is 0 Å². The fourth-order valence-corrected chi connectivity index (χ4v) is 2.29. The summed E-state index contributed by atoms with van der Waals surface area (Å²) in [7, 11) is 0. The zero-order valence-corrected chi connectivity index (χ0v) is 11.5. The molecule has 0 bridgehead atoms. The van der Waals surface area contributed by atoms with Crippen LogP contribution in [0.25, 0.3) is 0 Å². The molecular weight excluding hydrogens is 248 g/mol. The van der Waals surface area contributed by atoms with Crippen molar-refractivity contribution in [3.8, 4) is 0 Å². The molecule has 5 nitrogen and oxygen atoms in total. The first kappa shape index (κ1) is 14.2. The Morgan fingerprint density at radius 1 is 1.37 bits per heavy atom. The van der Waals surface area contributed by atoms with Crippen molar-refractivity contribution in [1.82, 2.24) is 0 Å². The van der Waals surface area contributed by atoms with Crippen molar-refractivity contribution in [2.24, 2.45) is 0 Å². The van der Waals surface area contributed by atoms with Crippen molar-refractivity contribution in [3.05, 3.63) is 23.5 Å². The first-order chi connectivity index (χ1) is 9.08. The van der Waals surface area contributed by atoms with Crippen LogP contribution in [0.3, 0.4) is 0 Å². The third-order valence-electron chi connectivity index (χ3n) is 3.27. The molecule has 1 N–H and O–H groups in total. The molecule has 0 aromatic carbocycles. The molecule has 0 radical (unpaired) electrons. The number of carbonyl (C=O) groups is 1. The van der Waals surface area contributed by atoms with Crippen LogP contribution in [-0.2, 0) is 19.0 Å². The van der Waals surface area contributed by atoms with Crippen LogP contribution in [0.1, 0.15) is 27.2 Å². The van der Waals surface area contributed by atoms with E-state index in [1.165, 1.54) is 0 Å². The monoisotopic (exact) mass is 268 g/mol. The van der Waals surface area contributed by atoms with Gasteiger partial charge in [0, 0.05) is 5.57 Å². The molecule has 0 spiro atoms. The molecule has 0 aromatic heterocycles. The van der Waals surface area contributed by atoms with Gasteiger partial charge in [0.15, 0.2) is 12.4 Å². The zero-order chi connectivity index (χ0) is 14.0. The molecule has 1 fully saturated rings. The number of rotatable bonds is 4. The summed E-state index contributed by atoms with van der Waals surface area (Å²) in [6.45, 7) is 5.22. The van der Waals surface area contributed by atoms with Gasteiger partial charge in [-0.15, -0.1) is 0 Å². The predicted octanol–water partition coefficient (Wildman–Crippen LogP) is 1.32. The third-order valence-corrected chi connectivity index (χ3v) is 3.27. The smallest absolute Gasteiger partial charge is 0.204 e. The Bertz CT molecular complexity index is 412. The van der Waals surface area contributed by atoms with Gasteiger partial charge in [-0.3, -0.25) is 4.79 Å². The first-order valence-electron chi connectivity index (χ1n) is 6.58. The normalized spacial score (nSPS) is 35.5. The zero-order valence-electron chi connectivity index (χ0n) is 11.5. The lowest BCUT2D eigenvalue weighted by molar-refractivity contribution is -0.123. The minimum absolute atomic E-state index is 0.182. The second kappa shape index (κ2) is 5.86. The molecule has 4 atom stereocenters. The fourth-order valence-electron chi connectivity index (χ4n) is 2.29. The average molecular weight is 268 g/mol. The Labute approximate surface area is 112 Å². The number of ether oxygens (including phenoxy) is 3. The Morgan fingerprint density at radius 3 is 2.68 bits per heavy atom. The molecule has 0 saturated carbocycles. The van der Waals surface area contributed by atoms with Crippen molar-refractivity contribution in [1.29, 1.82) is 0 Å². The van der Waals surface area contributed by atoms with E-state index in [1.807, 2.05) is 26.0 Å². The number of hydrogen-bond donors (Lipinski definition) is 1. The summed E-state index contributed by atoms with van der Waals surface area (Å²) >= 11 is 0. The third kappa shape index (κ3) is 2.73. The number of aliphatic hydroxyl groups is 1. The lowest BCUT2D eigenvalue weighted by atomic mass is 10.1. The van der Waals surface area contributed by atoms with Gasteiger partial charge >= 0.3 is 0 Å². The summed E-state index contributed by atoms with van der Waals surface area (Å²) in [6.07, 6.45) is 3.00. The molecule has 106 valence electrons. The van der Waals surface area contributed by atoms with Crippen LogP contribution in [-0.4, -0.2) is 42.1 Å². The number of aliphatic hydroxyl groups excluding tert-OH is 1. The molecule has 1 saturated heterocycles. The Hall–Kier alpha value is -1.17. The molecule has 2 heterocycles. The van der Waals surface area contributed by atoms with Gasteiger partial charge < -0.3 is 19.3 Å². The number of Topliss-reactive ketones (excluding diaryl/α,β-unsaturated/α-hetero) is 1. The second-order valence-corrected chi connectivity index (χ2v) is 4.70. The summed E-state index contributed by atoms with van der Waals surface area (Å²) in [5.74, 6) is 0.304. The minimum atomic E-state index is -0.801. The summed E-state index contributed by atoms with van der Waals surface area (Å²) in [5.41, 5.74) is 0.511. The molecule has 0 aromatic rings. The number of hydrogen-bond acceptors (Lipinski definition) is 5. The van der Waals surface area contributed by atoms with Crippen molar-refractivity contribution in [2.75, 3.05) is 6.61 Å². The summed E-state index contributed by atoms with van der Waals surface area (Å²) < 4.78 is 16.8. The van der Waals surface area contributed by atoms with E-state index in [1.54, 1.807) is 6.92 Å². The molecule has 0 amide bonds. The highest BCUT2D eigenvalue weighted by molar-refractivity contribution is 6.01. The van der Waals surface area contributed by atoms with E-state index in [0.717, 1.165) is 6.42 Å². The minimum Gasteiger partial charge on any atom is -0.481 e. The van der Waals surface area contributed by atoms with E-state index in [9.17, 15) is 4.79 Å². The number of allylic oxidation sites excluding steroid dienone is 1. The van der Waals surface area contributed by atoms with Crippen LogP contribution in [0.4, 0.5) is 0 Å². The maximum Gasteiger partial charge on any atom is 0.204 e. The summed E-state index contributed by atoms with van der Waals surface area (Å²) in [4.78, 5) is 11.8. The highest BCUT2D eigenvalue weighted by atomic mass is 16.7. The lowest BCUT2D eigenvalue weighted by Gasteiger charge is -2.17. The van der Waals surface area contributed by atoms with Crippen LogP contribution in [0, 0.1) is 0 Å². The van der Waals surface area contributed by atoms with Gasteiger partial charge in [-0.05, 0) is 20.3 Å². The number of ketones is 1. The van der Waals surface area contributed by atoms with Crippen molar-refractivity contribution in [2.45, 2.75) is 51.8 Å². The highest BCUT2D eigenvalue weighted by Crippen LogP contribution is 2.33. The molecule has 4 unspecified atom stereocenters. The van der Waals surface area contributed by atoms with Crippen LogP contribution in [0.5, 0.6) is 0 Å². The molecule has 0 aliphatic carbocycles. The molecule has 2 rings (SSSR count). The van der Waals surface area contributed by atoms with Crippen LogP contribution >= 0.6 is 0 Å². The standard InChI is InChI=1S/C14H20O5/c1-4-5-6-10-14(18-9(3)17-10)13-8(2)12(16)11(7-15)19-13/h5-6,9-11,14-15H,4,7H2,1-3H3/b6-5-. The molecule has 2 aliphatic rings. The van der Waals surface area contributed by atoms with E-state index in [4.69, 9.17) is 19.3 Å².